The highest BCUT2D eigenvalue weighted by Crippen LogP contribution is 2.26. The minimum Gasteiger partial charge on any atom is -0.406 e. The summed E-state index contributed by atoms with van der Waals surface area (Å²) < 4.78 is 42.6. The zero-order chi connectivity index (χ0) is 25.0. The van der Waals surface area contributed by atoms with Crippen LogP contribution < -0.4 is 15.5 Å². The molecule has 2 N–H and O–H groups in total. The average Bonchev–Trinajstić information content (AvgIpc) is 3.22. The van der Waals surface area contributed by atoms with Crippen molar-refractivity contribution in [3.05, 3.63) is 84.1 Å². The van der Waals surface area contributed by atoms with Gasteiger partial charge in [-0.15, -0.1) is 13.2 Å². The fourth-order valence-corrected chi connectivity index (χ4v) is 3.56. The van der Waals surface area contributed by atoms with Gasteiger partial charge < -0.3 is 10.1 Å². The molecule has 3 aromatic carbocycles. The molecule has 0 bridgehead atoms. The number of ether oxygens (including phenoxy) is 1. The van der Waals surface area contributed by atoms with E-state index in [1.807, 2.05) is 50.2 Å². The topological polar surface area (TPSA) is 80.5 Å². The Hall–Kier alpha value is -4.34. The predicted octanol–water partition coefficient (Wildman–Crippen LogP) is 6.20. The van der Waals surface area contributed by atoms with E-state index in [9.17, 15) is 18.0 Å². The number of alkyl halides is 3. The number of carbonyl (C=O) groups is 1. The van der Waals surface area contributed by atoms with Crippen molar-refractivity contribution in [2.75, 3.05) is 5.32 Å². The summed E-state index contributed by atoms with van der Waals surface area (Å²) in [5.41, 5.74) is 6.26. The number of hydrogen-bond donors (Lipinski definition) is 2. The molecule has 0 aliphatic rings. The first-order chi connectivity index (χ1) is 16.7. The number of halogens is 3. The summed E-state index contributed by atoms with van der Waals surface area (Å²) in [6.45, 7) is 4.10. The first-order valence-electron chi connectivity index (χ1n) is 10.7. The van der Waals surface area contributed by atoms with Gasteiger partial charge in [0.25, 0.3) is 0 Å². The average molecular weight is 481 g/mol. The molecule has 7 nitrogen and oxygen atoms in total. The first kappa shape index (κ1) is 23.8. The van der Waals surface area contributed by atoms with Gasteiger partial charge in [0.1, 0.15) is 5.75 Å². The zero-order valence-electron chi connectivity index (χ0n) is 18.9. The summed E-state index contributed by atoms with van der Waals surface area (Å²) in [7, 11) is 0. The number of nitrogens with zero attached hydrogens (tertiary/aromatic N) is 3. The van der Waals surface area contributed by atoms with Crippen molar-refractivity contribution in [1.82, 2.24) is 15.2 Å². The normalized spacial score (nSPS) is 11.8. The van der Waals surface area contributed by atoms with Crippen molar-refractivity contribution in [3.8, 4) is 11.4 Å². The number of aromatic nitrogens is 2. The third-order valence-corrected chi connectivity index (χ3v) is 5.12. The molecule has 10 heteroatoms. The predicted molar refractivity (Wildman–Crippen MR) is 128 cm³/mol. The molecule has 0 atom stereocenters. The maximum Gasteiger partial charge on any atom is 0.573 e. The highest BCUT2D eigenvalue weighted by molar-refractivity contribution is 5.92. The van der Waals surface area contributed by atoms with Crippen LogP contribution in [0.1, 0.15) is 30.9 Å². The molecule has 0 spiro atoms. The lowest BCUT2D eigenvalue weighted by atomic mass is 10.0. The third kappa shape index (κ3) is 5.97. The summed E-state index contributed by atoms with van der Waals surface area (Å²) >= 11 is 0. The number of nitrogens with one attached hydrogen (secondary N) is 2. The molecule has 0 radical (unpaired) electrons. The van der Waals surface area contributed by atoms with Gasteiger partial charge in [-0.1, -0.05) is 38.1 Å². The Bertz CT molecular complexity index is 1360. The highest BCUT2D eigenvalue weighted by Gasteiger charge is 2.31. The molecule has 1 aromatic heterocycles. The van der Waals surface area contributed by atoms with Gasteiger partial charge in [0.05, 0.1) is 23.6 Å². The molecule has 180 valence electrons. The first-order valence-corrected chi connectivity index (χ1v) is 10.7. The summed E-state index contributed by atoms with van der Waals surface area (Å²) in [6, 6.07) is 18.0. The van der Waals surface area contributed by atoms with E-state index in [1.54, 1.807) is 16.9 Å². The van der Waals surface area contributed by atoms with Crippen LogP contribution in [0.25, 0.3) is 16.6 Å². The lowest BCUT2D eigenvalue weighted by molar-refractivity contribution is -0.274. The Labute approximate surface area is 199 Å². The summed E-state index contributed by atoms with van der Waals surface area (Å²) in [5.74, 6) is -0.0470. The van der Waals surface area contributed by atoms with Crippen molar-refractivity contribution >= 4 is 28.8 Å². The Balaban J connectivity index is 1.42. The van der Waals surface area contributed by atoms with Crippen molar-refractivity contribution in [2.45, 2.75) is 26.1 Å². The van der Waals surface area contributed by atoms with Gasteiger partial charge in [0, 0.05) is 11.1 Å². The maximum atomic E-state index is 12.4. The van der Waals surface area contributed by atoms with Crippen LogP contribution in [-0.4, -0.2) is 28.4 Å². The number of hydrogen-bond acceptors (Lipinski definition) is 4. The molecule has 0 aliphatic carbocycles. The molecular weight excluding hydrogens is 459 g/mol. The van der Waals surface area contributed by atoms with Crippen LogP contribution in [0, 0.1) is 0 Å². The van der Waals surface area contributed by atoms with E-state index in [2.05, 4.69) is 25.7 Å². The van der Waals surface area contributed by atoms with Crippen molar-refractivity contribution in [1.29, 1.82) is 0 Å². The largest absolute Gasteiger partial charge is 0.573 e. The zero-order valence-corrected chi connectivity index (χ0v) is 18.9. The van der Waals surface area contributed by atoms with Crippen LogP contribution in [0.5, 0.6) is 5.75 Å². The molecule has 1 heterocycles. The van der Waals surface area contributed by atoms with E-state index in [-0.39, 0.29) is 11.7 Å². The highest BCUT2D eigenvalue weighted by atomic mass is 19.4. The SMILES string of the molecule is CC(C)c1ccccc1NC(=O)N/N=C/c1ccc2c(cnn2-c2ccc(OC(F)(F)F)cc2)c1. The van der Waals surface area contributed by atoms with E-state index in [0.717, 1.165) is 27.7 Å². The molecule has 0 saturated heterocycles. The molecule has 4 rings (SSSR count). The number of carbonyl (C=O) groups excluding carboxylic acids is 1. The van der Waals surface area contributed by atoms with Crippen LogP contribution in [-0.2, 0) is 0 Å². The van der Waals surface area contributed by atoms with Crippen LogP contribution in [0.15, 0.2) is 78.0 Å². The number of anilines is 1. The monoisotopic (exact) mass is 481 g/mol. The molecule has 2 amide bonds. The van der Waals surface area contributed by atoms with Crippen molar-refractivity contribution in [3.63, 3.8) is 0 Å². The summed E-state index contributed by atoms with van der Waals surface area (Å²) in [5, 5.41) is 11.9. The molecule has 0 unspecified atom stereocenters. The van der Waals surface area contributed by atoms with Crippen LogP contribution in [0.4, 0.5) is 23.7 Å². The van der Waals surface area contributed by atoms with Gasteiger partial charge in [0.2, 0.25) is 0 Å². The van der Waals surface area contributed by atoms with Crippen molar-refractivity contribution in [2.24, 2.45) is 5.10 Å². The van der Waals surface area contributed by atoms with E-state index >= 15 is 0 Å². The Morgan fingerprint density at radius 1 is 1.09 bits per heavy atom. The Morgan fingerprint density at radius 3 is 2.54 bits per heavy atom. The van der Waals surface area contributed by atoms with E-state index in [1.165, 1.54) is 30.5 Å². The Kier molecular flexibility index (Phi) is 6.72. The standard InChI is InChI=1S/C25H22F3N5O2/c1-16(2)21-5-3-4-6-22(21)31-24(34)32-29-14-17-7-12-23-18(13-17)15-30-33(23)19-8-10-20(11-9-19)35-25(26,27)28/h3-16H,1-2H3,(H2,31,32,34)/b29-14+. The molecule has 0 fully saturated rings. The molecule has 0 saturated carbocycles. The minimum absolute atomic E-state index is 0.258. The minimum atomic E-state index is -4.74. The van der Waals surface area contributed by atoms with Gasteiger partial charge in [-0.2, -0.15) is 10.2 Å². The Morgan fingerprint density at radius 2 is 1.83 bits per heavy atom. The number of amides is 2. The van der Waals surface area contributed by atoms with Gasteiger partial charge in [-0.25, -0.2) is 14.9 Å². The van der Waals surface area contributed by atoms with Crippen LogP contribution in [0.2, 0.25) is 0 Å². The lowest BCUT2D eigenvalue weighted by Gasteiger charge is -2.12. The van der Waals surface area contributed by atoms with Crippen LogP contribution >= 0.6 is 0 Å². The molecule has 35 heavy (non-hydrogen) atoms. The number of rotatable bonds is 6. The second-order valence-corrected chi connectivity index (χ2v) is 7.98. The fourth-order valence-electron chi connectivity index (χ4n) is 3.56. The molecule has 4 aromatic rings. The summed E-state index contributed by atoms with van der Waals surface area (Å²) in [4.78, 5) is 12.2. The number of benzene rings is 3. The van der Waals surface area contributed by atoms with Crippen molar-refractivity contribution < 1.29 is 22.7 Å². The smallest absolute Gasteiger partial charge is 0.406 e. The van der Waals surface area contributed by atoms with E-state index in [0.29, 0.717) is 5.69 Å². The number of urea groups is 1. The lowest BCUT2D eigenvalue weighted by Crippen LogP contribution is -2.24. The fraction of sp³-hybridized carbons (Fsp3) is 0.160. The third-order valence-electron chi connectivity index (χ3n) is 5.12. The van der Waals surface area contributed by atoms with Crippen LogP contribution in [0.3, 0.4) is 0 Å². The second kappa shape index (κ2) is 9.88. The molecular formula is C25H22F3N5O2. The van der Waals surface area contributed by atoms with E-state index < -0.39 is 12.4 Å². The quantitative estimate of drug-likeness (QED) is 0.254. The van der Waals surface area contributed by atoms with Gasteiger partial charge in [-0.05, 0) is 59.5 Å². The number of para-hydroxylation sites is 1. The summed E-state index contributed by atoms with van der Waals surface area (Å²) in [6.07, 6.45) is -1.60. The maximum absolute atomic E-state index is 12.4. The van der Waals surface area contributed by atoms with Gasteiger partial charge >= 0.3 is 12.4 Å². The number of fused-ring (bicyclic) bond motifs is 1. The van der Waals surface area contributed by atoms with Gasteiger partial charge in [-0.3, -0.25) is 0 Å². The van der Waals surface area contributed by atoms with Gasteiger partial charge in [0.15, 0.2) is 0 Å². The van der Waals surface area contributed by atoms with E-state index in [4.69, 9.17) is 0 Å². The number of hydrazone groups is 1. The second-order valence-electron chi connectivity index (χ2n) is 7.98. The molecule has 0 aliphatic heterocycles.